The Hall–Kier alpha value is -5.26. The van der Waals surface area contributed by atoms with Gasteiger partial charge >= 0.3 is 0 Å². The first-order valence-electron chi connectivity index (χ1n) is 16.6. The van der Waals surface area contributed by atoms with Gasteiger partial charge in [-0.3, -0.25) is 29.0 Å². The van der Waals surface area contributed by atoms with Gasteiger partial charge in [-0.05, 0) is 60.6 Å². The van der Waals surface area contributed by atoms with Crippen molar-refractivity contribution in [2.24, 2.45) is 5.92 Å². The van der Waals surface area contributed by atoms with Gasteiger partial charge in [-0.2, -0.15) is 0 Å². The molecule has 0 fully saturated rings. The van der Waals surface area contributed by atoms with Crippen LogP contribution in [0.3, 0.4) is 0 Å². The molecule has 5 amide bonds. The number of nitrogens with one attached hydrogen (secondary N) is 3. The average Bonchev–Trinajstić information content (AvgIpc) is 3.08. The van der Waals surface area contributed by atoms with E-state index in [-0.39, 0.29) is 62.4 Å². The van der Waals surface area contributed by atoms with Gasteiger partial charge in [-0.15, -0.1) is 0 Å². The van der Waals surface area contributed by atoms with Gasteiger partial charge in [-0.25, -0.2) is 0 Å². The van der Waals surface area contributed by atoms with E-state index in [1.54, 1.807) is 36.7 Å². The molecule has 2 atom stereocenters. The molecular weight excluding hydrogens is 624 g/mol. The molecule has 1 aliphatic heterocycles. The van der Waals surface area contributed by atoms with E-state index >= 15 is 0 Å². The second kappa shape index (κ2) is 18.3. The lowest BCUT2D eigenvalue weighted by Gasteiger charge is -2.27. The molecule has 3 N–H and O–H groups in total. The summed E-state index contributed by atoms with van der Waals surface area (Å²) in [6.45, 7) is 4.13. The molecule has 0 saturated carbocycles. The summed E-state index contributed by atoms with van der Waals surface area (Å²) in [6, 6.07) is 18.2. The summed E-state index contributed by atoms with van der Waals surface area (Å²) >= 11 is 0. The molecule has 0 saturated heterocycles. The molecule has 260 valence electrons. The van der Waals surface area contributed by atoms with Crippen LogP contribution in [0.4, 0.5) is 0 Å². The molecule has 0 spiro atoms. The van der Waals surface area contributed by atoms with Crippen molar-refractivity contribution in [3.8, 4) is 5.75 Å². The predicted molar refractivity (Wildman–Crippen MR) is 184 cm³/mol. The number of pyridine rings is 1. The van der Waals surface area contributed by atoms with Crippen LogP contribution in [0, 0.1) is 5.92 Å². The Morgan fingerprint density at radius 3 is 2.37 bits per heavy atom. The second-order valence-corrected chi connectivity index (χ2v) is 12.6. The second-order valence-electron chi connectivity index (χ2n) is 12.6. The third-order valence-electron chi connectivity index (χ3n) is 8.13. The molecule has 12 nitrogen and oxygen atoms in total. The smallest absolute Gasteiger partial charge is 0.255 e. The van der Waals surface area contributed by atoms with Gasteiger partial charge in [0.1, 0.15) is 24.9 Å². The Labute approximate surface area is 287 Å². The number of fused-ring (bicyclic) bond motifs is 1. The Morgan fingerprint density at radius 2 is 1.63 bits per heavy atom. The zero-order chi connectivity index (χ0) is 35.2. The van der Waals surface area contributed by atoms with Crippen LogP contribution >= 0.6 is 0 Å². The highest BCUT2D eigenvalue weighted by atomic mass is 16.5. The molecule has 0 bridgehead atoms. The molecule has 3 aromatic rings. The Morgan fingerprint density at radius 1 is 0.918 bits per heavy atom. The lowest BCUT2D eigenvalue weighted by Crippen LogP contribution is -2.49. The first-order valence-corrected chi connectivity index (χ1v) is 16.6. The first-order chi connectivity index (χ1) is 23.6. The quantitative estimate of drug-likeness (QED) is 0.334. The van der Waals surface area contributed by atoms with Crippen LogP contribution in [-0.4, -0.2) is 89.7 Å². The van der Waals surface area contributed by atoms with Crippen LogP contribution in [0.2, 0.25) is 0 Å². The third-order valence-corrected chi connectivity index (χ3v) is 8.13. The van der Waals surface area contributed by atoms with Crippen LogP contribution in [0.25, 0.3) is 0 Å². The summed E-state index contributed by atoms with van der Waals surface area (Å²) in [4.78, 5) is 74.1. The number of nitrogens with zero attached hydrogens (tertiary/aromatic N) is 3. The van der Waals surface area contributed by atoms with Crippen molar-refractivity contribution in [3.05, 3.63) is 95.8 Å². The number of carbonyl (C=O) groups excluding carboxylic acids is 5. The standard InChI is InChI=1S/C37H46N6O6/c1-26(2)21-29-25-49-32-12-8-7-11-30(32)36(47)41-31(37(48)39-20-17-27-15-18-38-19-16-27)13-14-34(45)43(22-28-9-5-4-6-10-28)24-35(46)42(3)23-33(44)40-29/h4-12,15-16,18-19,26,29,31H,13-14,17,20-25H2,1-3H3,(H,39,48)(H,40,44)(H,41,47)/t29-,31-/m0/s1. The zero-order valence-corrected chi connectivity index (χ0v) is 28.4. The van der Waals surface area contributed by atoms with Crippen LogP contribution in [0.5, 0.6) is 5.75 Å². The molecule has 1 aliphatic rings. The van der Waals surface area contributed by atoms with E-state index in [4.69, 9.17) is 4.74 Å². The van der Waals surface area contributed by atoms with Crippen molar-refractivity contribution in [1.29, 1.82) is 0 Å². The van der Waals surface area contributed by atoms with Crippen LogP contribution in [0.1, 0.15) is 54.6 Å². The monoisotopic (exact) mass is 670 g/mol. The van der Waals surface area contributed by atoms with Crippen molar-refractivity contribution >= 4 is 29.5 Å². The molecule has 0 unspecified atom stereocenters. The number of hydrogen-bond acceptors (Lipinski definition) is 7. The summed E-state index contributed by atoms with van der Waals surface area (Å²) in [5, 5.41) is 8.67. The van der Waals surface area contributed by atoms with Crippen molar-refractivity contribution in [1.82, 2.24) is 30.7 Å². The molecule has 2 aromatic carbocycles. The van der Waals surface area contributed by atoms with Gasteiger partial charge in [0.2, 0.25) is 23.6 Å². The van der Waals surface area contributed by atoms with Crippen molar-refractivity contribution < 1.29 is 28.7 Å². The summed E-state index contributed by atoms with van der Waals surface area (Å²) in [6.07, 6.45) is 4.37. The van der Waals surface area contributed by atoms with Gasteiger partial charge in [0.05, 0.1) is 18.2 Å². The van der Waals surface area contributed by atoms with Crippen LogP contribution in [-0.2, 0) is 32.1 Å². The maximum absolute atomic E-state index is 13.7. The summed E-state index contributed by atoms with van der Waals surface area (Å²) in [7, 11) is 1.53. The SMILES string of the molecule is CC(C)C[C@H]1COc2ccccc2C(=O)N[C@H](C(=O)NCCc2ccncc2)CCC(=O)N(Cc2ccccc2)CC(=O)N(C)CC(=O)N1. The Bertz CT molecular complexity index is 1570. The van der Waals surface area contributed by atoms with Gasteiger partial charge in [-0.1, -0.05) is 56.3 Å². The lowest BCUT2D eigenvalue weighted by atomic mass is 10.0. The molecule has 0 aliphatic carbocycles. The number of rotatable bonds is 8. The van der Waals surface area contributed by atoms with E-state index in [9.17, 15) is 24.0 Å². The topological polar surface area (TPSA) is 150 Å². The molecule has 1 aromatic heterocycles. The molecule has 12 heteroatoms. The highest BCUT2D eigenvalue weighted by Crippen LogP contribution is 2.20. The zero-order valence-electron chi connectivity index (χ0n) is 28.4. The van der Waals surface area contributed by atoms with E-state index in [0.29, 0.717) is 25.1 Å². The summed E-state index contributed by atoms with van der Waals surface area (Å²) < 4.78 is 6.09. The fraction of sp³-hybridized carbons (Fsp3) is 0.405. The highest BCUT2D eigenvalue weighted by Gasteiger charge is 2.28. The van der Waals surface area contributed by atoms with E-state index < -0.39 is 29.8 Å². The fourth-order valence-electron chi connectivity index (χ4n) is 5.54. The number of para-hydroxylation sites is 1. The largest absolute Gasteiger partial charge is 0.491 e. The van der Waals surface area contributed by atoms with Gasteiger partial charge in [0.15, 0.2) is 0 Å². The van der Waals surface area contributed by atoms with E-state index in [0.717, 1.165) is 11.1 Å². The lowest BCUT2D eigenvalue weighted by molar-refractivity contribution is -0.142. The molecular formula is C37H46N6O6. The maximum atomic E-state index is 13.7. The van der Waals surface area contributed by atoms with E-state index in [1.807, 2.05) is 56.3 Å². The molecule has 49 heavy (non-hydrogen) atoms. The molecule has 2 heterocycles. The summed E-state index contributed by atoms with van der Waals surface area (Å²) in [5.74, 6) is -1.62. The van der Waals surface area contributed by atoms with Crippen molar-refractivity contribution in [2.45, 2.75) is 58.2 Å². The fourth-order valence-corrected chi connectivity index (χ4v) is 5.54. The van der Waals surface area contributed by atoms with Gasteiger partial charge in [0, 0.05) is 39.0 Å². The minimum atomic E-state index is -1.05. The number of carbonyl (C=O) groups is 5. The number of hydrogen-bond donors (Lipinski definition) is 3. The van der Waals surface area contributed by atoms with E-state index in [2.05, 4.69) is 20.9 Å². The molecule has 4 rings (SSSR count). The van der Waals surface area contributed by atoms with Crippen LogP contribution < -0.4 is 20.7 Å². The maximum Gasteiger partial charge on any atom is 0.255 e. The number of ether oxygens (including phenoxy) is 1. The van der Waals surface area contributed by atoms with Gasteiger partial charge < -0.3 is 30.5 Å². The van der Waals surface area contributed by atoms with E-state index in [1.165, 1.54) is 16.8 Å². The minimum Gasteiger partial charge on any atom is -0.491 e. The normalized spacial score (nSPS) is 18.4. The Kier molecular flexibility index (Phi) is 13.7. The Balaban J connectivity index is 1.62. The van der Waals surface area contributed by atoms with Gasteiger partial charge in [0.25, 0.3) is 5.91 Å². The third kappa shape index (κ3) is 11.7. The van der Waals surface area contributed by atoms with Crippen molar-refractivity contribution in [3.63, 3.8) is 0 Å². The number of benzene rings is 2. The minimum absolute atomic E-state index is 0.0110. The summed E-state index contributed by atoms with van der Waals surface area (Å²) in [5.41, 5.74) is 2.02. The number of likely N-dealkylation sites (N-methyl/N-ethyl adjacent to an activating group) is 1. The predicted octanol–water partition coefficient (Wildman–Crippen LogP) is 2.73. The molecule has 0 radical (unpaired) electrons. The number of amides is 5. The first kappa shape index (κ1) is 36.6. The van der Waals surface area contributed by atoms with Crippen molar-refractivity contribution in [2.75, 3.05) is 33.3 Å². The highest BCUT2D eigenvalue weighted by molar-refractivity contribution is 5.99. The van der Waals surface area contributed by atoms with Crippen LogP contribution in [0.15, 0.2) is 79.1 Å². The average molecular weight is 671 g/mol. The number of aromatic nitrogens is 1.